The lowest BCUT2D eigenvalue weighted by atomic mass is 10.2. The molecule has 0 aliphatic heterocycles. The topological polar surface area (TPSA) is 44.8 Å². The fourth-order valence-corrected chi connectivity index (χ4v) is 1.79. The van der Waals surface area contributed by atoms with Crippen molar-refractivity contribution >= 4 is 12.0 Å². The number of hydrogen-bond donors (Lipinski definition) is 0. The van der Waals surface area contributed by atoms with Gasteiger partial charge in [0.1, 0.15) is 0 Å². The van der Waals surface area contributed by atoms with Crippen molar-refractivity contribution in [3.63, 3.8) is 0 Å². The summed E-state index contributed by atoms with van der Waals surface area (Å²) in [6.07, 6.45) is 9.13. The van der Waals surface area contributed by atoms with E-state index in [2.05, 4.69) is 0 Å². The number of carbonyl (C=O) groups excluding carboxylic acids is 1. The minimum absolute atomic E-state index is 0.293. The molecule has 0 radical (unpaired) electrons. The summed E-state index contributed by atoms with van der Waals surface area (Å²) >= 11 is 0. The first kappa shape index (κ1) is 15.2. The molecule has 0 spiro atoms. The van der Waals surface area contributed by atoms with Crippen molar-refractivity contribution in [1.29, 1.82) is 0 Å². The molecule has 0 unspecified atom stereocenters. The number of methoxy groups -OCH3 is 2. The molecule has 0 atom stereocenters. The Morgan fingerprint density at radius 1 is 1.19 bits per heavy atom. The Kier molecular flexibility index (Phi) is 5.43. The molecule has 1 saturated carbocycles. The normalized spacial score (nSPS) is 14.6. The van der Waals surface area contributed by atoms with Crippen molar-refractivity contribution in [2.24, 2.45) is 5.92 Å². The highest BCUT2D eigenvalue weighted by Crippen LogP contribution is 2.29. The average Bonchev–Trinajstić information content (AvgIpc) is 3.33. The summed E-state index contributed by atoms with van der Waals surface area (Å²) < 4.78 is 15.5. The van der Waals surface area contributed by atoms with E-state index in [9.17, 15) is 4.79 Å². The van der Waals surface area contributed by atoms with Crippen LogP contribution in [-0.4, -0.2) is 26.8 Å². The molecule has 1 fully saturated rings. The van der Waals surface area contributed by atoms with Crippen LogP contribution in [0.4, 0.5) is 0 Å². The van der Waals surface area contributed by atoms with Gasteiger partial charge >= 0.3 is 5.97 Å². The van der Waals surface area contributed by atoms with E-state index < -0.39 is 0 Å². The van der Waals surface area contributed by atoms with Gasteiger partial charge in [-0.15, -0.1) is 0 Å². The molecule has 1 aliphatic carbocycles. The second kappa shape index (κ2) is 7.53. The molecule has 1 aromatic rings. The van der Waals surface area contributed by atoms with Gasteiger partial charge in [-0.05, 0) is 36.5 Å². The van der Waals surface area contributed by atoms with E-state index >= 15 is 0 Å². The Hall–Kier alpha value is -2.23. The third kappa shape index (κ3) is 4.99. The fraction of sp³-hybridized carbons (Fsp3) is 0.353. The highest BCUT2D eigenvalue weighted by atomic mass is 16.5. The Labute approximate surface area is 125 Å². The summed E-state index contributed by atoms with van der Waals surface area (Å²) in [5.41, 5.74) is 0.962. The smallest absolute Gasteiger partial charge is 0.330 e. The molecule has 1 aliphatic rings. The Morgan fingerprint density at radius 3 is 2.62 bits per heavy atom. The van der Waals surface area contributed by atoms with E-state index in [1.54, 1.807) is 26.4 Å². The number of benzene rings is 1. The summed E-state index contributed by atoms with van der Waals surface area (Å²) in [5.74, 6) is 1.66. The van der Waals surface area contributed by atoms with Crippen LogP contribution in [0.25, 0.3) is 6.08 Å². The first-order valence-corrected chi connectivity index (χ1v) is 6.96. The zero-order valence-corrected chi connectivity index (χ0v) is 12.4. The third-order valence-corrected chi connectivity index (χ3v) is 3.20. The van der Waals surface area contributed by atoms with E-state index in [-0.39, 0.29) is 5.97 Å². The predicted octanol–water partition coefficient (Wildman–Crippen LogP) is 3.23. The molecule has 4 heteroatoms. The maximum Gasteiger partial charge on any atom is 0.330 e. The second-order valence-corrected chi connectivity index (χ2v) is 4.91. The van der Waals surface area contributed by atoms with Crippen LogP contribution >= 0.6 is 0 Å². The van der Waals surface area contributed by atoms with Crippen LogP contribution in [0.2, 0.25) is 0 Å². The standard InChI is InChI=1S/C17H20O4/c1-19-15-10-9-13(11-16(15)20-2)5-3-4-6-17(18)21-12-14-7-8-14/h3-6,9-11,14H,7-8,12H2,1-2H3. The molecule has 112 valence electrons. The first-order chi connectivity index (χ1) is 10.2. The molecule has 0 aromatic heterocycles. The molecular weight excluding hydrogens is 268 g/mol. The molecule has 4 nitrogen and oxygen atoms in total. The first-order valence-electron chi connectivity index (χ1n) is 6.96. The summed E-state index contributed by atoms with van der Waals surface area (Å²) in [6, 6.07) is 5.62. The lowest BCUT2D eigenvalue weighted by Gasteiger charge is -2.07. The van der Waals surface area contributed by atoms with Gasteiger partial charge in [-0.25, -0.2) is 4.79 Å². The molecule has 0 bridgehead atoms. The van der Waals surface area contributed by atoms with Crippen molar-refractivity contribution in [1.82, 2.24) is 0 Å². The molecule has 0 saturated heterocycles. The lowest BCUT2D eigenvalue weighted by molar-refractivity contribution is -0.138. The van der Waals surface area contributed by atoms with Crippen molar-refractivity contribution in [3.8, 4) is 11.5 Å². The minimum atomic E-state index is -0.293. The second-order valence-electron chi connectivity index (χ2n) is 4.91. The molecule has 0 heterocycles. The van der Waals surface area contributed by atoms with Crippen LogP contribution in [-0.2, 0) is 9.53 Å². The van der Waals surface area contributed by atoms with Crippen molar-refractivity contribution in [2.45, 2.75) is 12.8 Å². The number of rotatable bonds is 7. The van der Waals surface area contributed by atoms with Crippen LogP contribution < -0.4 is 9.47 Å². The lowest BCUT2D eigenvalue weighted by Crippen LogP contribution is -2.03. The monoisotopic (exact) mass is 288 g/mol. The maximum absolute atomic E-state index is 11.4. The van der Waals surface area contributed by atoms with E-state index in [0.717, 1.165) is 5.56 Å². The highest BCUT2D eigenvalue weighted by molar-refractivity contribution is 5.82. The van der Waals surface area contributed by atoms with Crippen LogP contribution in [0.5, 0.6) is 11.5 Å². The van der Waals surface area contributed by atoms with E-state index in [0.29, 0.717) is 24.0 Å². The number of hydrogen-bond acceptors (Lipinski definition) is 4. The van der Waals surface area contributed by atoms with Gasteiger partial charge in [0.25, 0.3) is 0 Å². The van der Waals surface area contributed by atoms with Gasteiger partial charge in [-0.3, -0.25) is 0 Å². The van der Waals surface area contributed by atoms with Crippen molar-refractivity contribution in [3.05, 3.63) is 42.0 Å². The molecule has 21 heavy (non-hydrogen) atoms. The van der Waals surface area contributed by atoms with Gasteiger partial charge in [0, 0.05) is 6.08 Å². The molecule has 0 amide bonds. The summed E-state index contributed by atoms with van der Waals surface area (Å²) in [6.45, 7) is 0.544. The zero-order chi connectivity index (χ0) is 15.1. The zero-order valence-electron chi connectivity index (χ0n) is 12.4. The largest absolute Gasteiger partial charge is 0.493 e. The summed E-state index contributed by atoms with van der Waals surface area (Å²) in [5, 5.41) is 0. The van der Waals surface area contributed by atoms with E-state index in [1.807, 2.05) is 24.3 Å². The van der Waals surface area contributed by atoms with Gasteiger partial charge in [0.05, 0.1) is 20.8 Å². The minimum Gasteiger partial charge on any atom is -0.493 e. The molecule has 2 rings (SSSR count). The van der Waals surface area contributed by atoms with Crippen molar-refractivity contribution in [2.75, 3.05) is 20.8 Å². The van der Waals surface area contributed by atoms with Gasteiger partial charge in [0.2, 0.25) is 0 Å². The fourth-order valence-electron chi connectivity index (χ4n) is 1.79. The van der Waals surface area contributed by atoms with E-state index in [4.69, 9.17) is 14.2 Å². The number of allylic oxidation sites excluding steroid dienone is 2. The third-order valence-electron chi connectivity index (χ3n) is 3.20. The van der Waals surface area contributed by atoms with Gasteiger partial charge in [0.15, 0.2) is 11.5 Å². The Bertz CT molecular complexity index is 542. The number of carbonyl (C=O) groups is 1. The number of esters is 1. The molecular formula is C17H20O4. The summed E-state index contributed by atoms with van der Waals surface area (Å²) in [7, 11) is 3.20. The van der Waals surface area contributed by atoms with Crippen LogP contribution in [0.15, 0.2) is 36.4 Å². The van der Waals surface area contributed by atoms with Gasteiger partial charge < -0.3 is 14.2 Å². The van der Waals surface area contributed by atoms with Gasteiger partial charge in [-0.1, -0.05) is 24.3 Å². The van der Waals surface area contributed by atoms with Crippen molar-refractivity contribution < 1.29 is 19.0 Å². The highest BCUT2D eigenvalue weighted by Gasteiger charge is 2.22. The maximum atomic E-state index is 11.4. The Balaban J connectivity index is 1.86. The molecule has 1 aromatic carbocycles. The van der Waals surface area contributed by atoms with Crippen LogP contribution in [0.1, 0.15) is 18.4 Å². The van der Waals surface area contributed by atoms with E-state index in [1.165, 1.54) is 18.9 Å². The summed E-state index contributed by atoms with van der Waals surface area (Å²) in [4.78, 5) is 11.4. The predicted molar refractivity (Wildman–Crippen MR) is 81.4 cm³/mol. The van der Waals surface area contributed by atoms with Gasteiger partial charge in [-0.2, -0.15) is 0 Å². The quantitative estimate of drug-likeness (QED) is 0.439. The SMILES string of the molecule is COc1ccc(C=CC=CC(=O)OCC2CC2)cc1OC. The number of ether oxygens (including phenoxy) is 3. The average molecular weight is 288 g/mol. The Morgan fingerprint density at radius 2 is 1.95 bits per heavy atom. The molecule has 0 N–H and O–H groups in total. The van der Waals surface area contributed by atoms with Crippen LogP contribution in [0.3, 0.4) is 0 Å². The van der Waals surface area contributed by atoms with Crippen LogP contribution in [0, 0.1) is 5.92 Å².